The van der Waals surface area contributed by atoms with E-state index in [0.29, 0.717) is 6.07 Å². The van der Waals surface area contributed by atoms with Crippen LogP contribution < -0.4 is 21.4 Å². The first-order valence-electron chi connectivity index (χ1n) is 4.18. The summed E-state index contributed by atoms with van der Waals surface area (Å²) >= 11 is 0. The summed E-state index contributed by atoms with van der Waals surface area (Å²) < 4.78 is 37.7. The van der Waals surface area contributed by atoms with E-state index < -0.39 is 17.4 Å². The van der Waals surface area contributed by atoms with Crippen LogP contribution >= 0.6 is 0 Å². The van der Waals surface area contributed by atoms with Gasteiger partial charge in [0, 0.05) is 7.05 Å². The van der Waals surface area contributed by atoms with Crippen molar-refractivity contribution in [2.75, 3.05) is 25.2 Å². The molecule has 0 unspecified atom stereocenters. The van der Waals surface area contributed by atoms with E-state index in [1.807, 2.05) is 0 Å². The molecule has 0 amide bonds. The lowest BCUT2D eigenvalue weighted by Crippen LogP contribution is -2.33. The molecule has 5 nitrogen and oxygen atoms in total. The van der Waals surface area contributed by atoms with E-state index in [9.17, 15) is 18.0 Å². The Balaban J connectivity index is 3.61. The molecule has 0 saturated heterocycles. The first-order valence-corrected chi connectivity index (χ1v) is 4.18. The Hall–Kier alpha value is -1.86. The predicted octanol–water partition coefficient (Wildman–Crippen LogP) is 0.549. The zero-order chi connectivity index (χ0) is 12.5. The smallest absolute Gasteiger partial charge is 0.413 e. The van der Waals surface area contributed by atoms with Gasteiger partial charge < -0.3 is 15.9 Å². The molecule has 0 aliphatic rings. The molecule has 1 heterocycles. The summed E-state index contributed by atoms with van der Waals surface area (Å²) in [5.74, 6) is 0. The van der Waals surface area contributed by atoms with E-state index in [4.69, 9.17) is 5.73 Å². The molecular weight excluding hydrogens is 227 g/mol. The fourth-order valence-electron chi connectivity index (χ4n) is 1.24. The fraction of sp³-hybridized carbons (Fsp3) is 0.375. The normalized spacial score (nSPS) is 11.3. The van der Waals surface area contributed by atoms with Crippen molar-refractivity contribution >= 4 is 11.4 Å². The van der Waals surface area contributed by atoms with Crippen LogP contribution in [0.25, 0.3) is 0 Å². The van der Waals surface area contributed by atoms with E-state index >= 15 is 0 Å². The van der Waals surface area contributed by atoms with Crippen LogP contribution in [-0.4, -0.2) is 18.9 Å². The van der Waals surface area contributed by atoms with E-state index in [2.05, 4.69) is 10.2 Å². The van der Waals surface area contributed by atoms with E-state index in [0.717, 1.165) is 7.11 Å². The highest BCUT2D eigenvalue weighted by Crippen LogP contribution is 2.30. The maximum Gasteiger partial charge on any atom is 0.435 e. The third kappa shape index (κ3) is 1.90. The zero-order valence-corrected chi connectivity index (χ0v) is 8.55. The van der Waals surface area contributed by atoms with Crippen LogP contribution in [0.2, 0.25) is 0 Å². The van der Waals surface area contributed by atoms with Crippen molar-refractivity contribution in [2.24, 2.45) is 0 Å². The summed E-state index contributed by atoms with van der Waals surface area (Å²) in [6.45, 7) is 0. The maximum absolute atomic E-state index is 12.5. The van der Waals surface area contributed by atoms with Gasteiger partial charge in [0.15, 0.2) is 5.69 Å². The minimum absolute atomic E-state index is 0.141. The van der Waals surface area contributed by atoms with Crippen LogP contribution in [0.5, 0.6) is 0 Å². The number of nitrogen functional groups attached to an aromatic ring is 1. The average molecular weight is 237 g/mol. The Morgan fingerprint density at radius 2 is 2.06 bits per heavy atom. The summed E-state index contributed by atoms with van der Waals surface area (Å²) in [5.41, 5.74) is 2.65. The number of anilines is 2. The van der Waals surface area contributed by atoms with Gasteiger partial charge >= 0.3 is 11.7 Å². The number of hydrogen-bond acceptors (Lipinski definition) is 4. The topological polar surface area (TPSA) is 69.3 Å². The molecular formula is C8H10F3N3O2. The van der Waals surface area contributed by atoms with Gasteiger partial charge in [-0.1, -0.05) is 0 Å². The molecule has 0 aliphatic heterocycles. The molecule has 0 aliphatic carbocycles. The van der Waals surface area contributed by atoms with E-state index in [1.165, 1.54) is 7.05 Å². The van der Waals surface area contributed by atoms with E-state index in [1.54, 1.807) is 0 Å². The van der Waals surface area contributed by atoms with Crippen molar-refractivity contribution < 1.29 is 18.0 Å². The summed E-state index contributed by atoms with van der Waals surface area (Å²) in [6.07, 6.45) is -4.71. The van der Waals surface area contributed by atoms with Gasteiger partial charge in [-0.3, -0.25) is 4.79 Å². The molecule has 3 N–H and O–H groups in total. The predicted molar refractivity (Wildman–Crippen MR) is 52.2 cm³/mol. The van der Waals surface area contributed by atoms with Gasteiger partial charge in [0.2, 0.25) is 0 Å². The first kappa shape index (κ1) is 12.2. The Labute approximate surface area is 88.6 Å². The summed E-state index contributed by atoms with van der Waals surface area (Å²) in [7, 11) is 2.34. The van der Waals surface area contributed by atoms with Crippen LogP contribution in [0.3, 0.4) is 0 Å². The monoisotopic (exact) mass is 237 g/mol. The number of nitrogens with two attached hydrogens (primary N) is 1. The highest BCUT2D eigenvalue weighted by Gasteiger charge is 2.36. The van der Waals surface area contributed by atoms with Gasteiger partial charge in [0.05, 0.1) is 5.69 Å². The van der Waals surface area contributed by atoms with Gasteiger partial charge in [-0.15, -0.1) is 4.73 Å². The standard InChI is InChI=1S/C8H10F3N3O2/c1-13-6-4(12)3-5(8(9,10)11)14(16-2)7(6)15/h3,13H,12H2,1-2H3. The van der Waals surface area contributed by atoms with Gasteiger partial charge in [0.1, 0.15) is 12.8 Å². The number of nitrogens with one attached hydrogen (secondary N) is 1. The van der Waals surface area contributed by atoms with Crippen LogP contribution in [0.4, 0.5) is 24.5 Å². The third-order valence-electron chi connectivity index (χ3n) is 1.92. The van der Waals surface area contributed by atoms with Crippen molar-refractivity contribution in [2.45, 2.75) is 6.18 Å². The van der Waals surface area contributed by atoms with Crippen LogP contribution in [0.15, 0.2) is 10.9 Å². The molecule has 90 valence electrons. The largest absolute Gasteiger partial charge is 0.435 e. The number of rotatable bonds is 2. The Bertz CT molecular complexity index is 453. The third-order valence-corrected chi connectivity index (χ3v) is 1.92. The van der Waals surface area contributed by atoms with Gasteiger partial charge in [0.25, 0.3) is 0 Å². The quantitative estimate of drug-likeness (QED) is 0.788. The summed E-state index contributed by atoms with van der Waals surface area (Å²) in [5, 5.41) is 2.41. The van der Waals surface area contributed by atoms with Gasteiger partial charge in [-0.25, -0.2) is 0 Å². The average Bonchev–Trinajstić information content (AvgIpc) is 2.16. The molecule has 8 heteroatoms. The second-order valence-electron chi connectivity index (χ2n) is 2.89. The fourth-order valence-corrected chi connectivity index (χ4v) is 1.24. The van der Waals surface area contributed by atoms with Crippen molar-refractivity contribution in [3.8, 4) is 0 Å². The minimum Gasteiger partial charge on any atom is -0.413 e. The van der Waals surface area contributed by atoms with Crippen molar-refractivity contribution in [3.05, 3.63) is 22.1 Å². The van der Waals surface area contributed by atoms with Crippen LogP contribution in [0, 0.1) is 0 Å². The molecule has 0 bridgehead atoms. The number of hydrogen-bond donors (Lipinski definition) is 2. The second kappa shape index (κ2) is 3.95. The van der Waals surface area contributed by atoms with Gasteiger partial charge in [-0.05, 0) is 6.07 Å². The highest BCUT2D eigenvalue weighted by atomic mass is 19.4. The van der Waals surface area contributed by atoms with Crippen molar-refractivity contribution in [1.29, 1.82) is 0 Å². The summed E-state index contributed by atoms with van der Waals surface area (Å²) in [4.78, 5) is 15.9. The Morgan fingerprint density at radius 1 is 1.50 bits per heavy atom. The molecule has 1 aromatic heterocycles. The number of halogens is 3. The molecule has 1 rings (SSSR count). The molecule has 1 aromatic rings. The number of nitrogens with zero attached hydrogens (tertiary/aromatic N) is 1. The van der Waals surface area contributed by atoms with E-state index in [-0.39, 0.29) is 16.1 Å². The molecule has 0 atom stereocenters. The molecule has 0 radical (unpaired) electrons. The lowest BCUT2D eigenvalue weighted by molar-refractivity contribution is -0.151. The summed E-state index contributed by atoms with van der Waals surface area (Å²) in [6, 6.07) is 0.636. The number of pyridine rings is 1. The molecule has 0 fully saturated rings. The molecule has 0 spiro atoms. The number of aromatic nitrogens is 1. The highest BCUT2D eigenvalue weighted by molar-refractivity contribution is 5.65. The van der Waals surface area contributed by atoms with Crippen LogP contribution in [-0.2, 0) is 6.18 Å². The maximum atomic E-state index is 12.5. The Kier molecular flexibility index (Phi) is 3.02. The lowest BCUT2D eigenvalue weighted by Gasteiger charge is -2.16. The van der Waals surface area contributed by atoms with Crippen molar-refractivity contribution in [3.63, 3.8) is 0 Å². The van der Waals surface area contributed by atoms with Crippen molar-refractivity contribution in [1.82, 2.24) is 4.73 Å². The molecule has 0 aromatic carbocycles. The second-order valence-corrected chi connectivity index (χ2v) is 2.89. The minimum atomic E-state index is -4.71. The molecule has 16 heavy (non-hydrogen) atoms. The number of alkyl halides is 3. The SMILES string of the molecule is CNc1c(N)cc(C(F)(F)F)n(OC)c1=O. The molecule has 0 saturated carbocycles. The zero-order valence-electron chi connectivity index (χ0n) is 8.55. The lowest BCUT2D eigenvalue weighted by atomic mass is 10.2. The van der Waals surface area contributed by atoms with Gasteiger partial charge in [-0.2, -0.15) is 13.2 Å². The Morgan fingerprint density at radius 3 is 2.44 bits per heavy atom. The first-order chi connectivity index (χ1) is 7.32. The van der Waals surface area contributed by atoms with Crippen LogP contribution in [0.1, 0.15) is 5.69 Å².